The Bertz CT molecular complexity index is 500. The molecule has 1 unspecified atom stereocenters. The Kier molecular flexibility index (Phi) is 8.11. The number of rotatable bonds is 9. The fourth-order valence-electron chi connectivity index (χ4n) is 2.09. The first-order valence-corrected chi connectivity index (χ1v) is 7.86. The molecule has 23 heavy (non-hydrogen) atoms. The summed E-state index contributed by atoms with van der Waals surface area (Å²) in [6, 6.07) is 6.24. The maximum Gasteiger partial charge on any atom is 0.251 e. The number of hydrogen-bond acceptors (Lipinski definition) is 4. The van der Waals surface area contributed by atoms with Crippen molar-refractivity contribution in [2.24, 2.45) is 5.92 Å². The van der Waals surface area contributed by atoms with E-state index < -0.39 is 6.04 Å². The van der Waals surface area contributed by atoms with E-state index in [-0.39, 0.29) is 17.7 Å². The molecule has 0 aliphatic carbocycles. The molecule has 2 amide bonds. The highest BCUT2D eigenvalue weighted by atomic mass is 16.5. The van der Waals surface area contributed by atoms with Crippen LogP contribution in [0.4, 0.5) is 0 Å². The van der Waals surface area contributed by atoms with Crippen LogP contribution in [0.3, 0.4) is 0 Å². The number of benzene rings is 1. The van der Waals surface area contributed by atoms with E-state index in [0.29, 0.717) is 17.9 Å². The predicted octanol–water partition coefficient (Wildman–Crippen LogP) is 1.18. The van der Waals surface area contributed by atoms with Gasteiger partial charge in [-0.3, -0.25) is 9.59 Å². The van der Waals surface area contributed by atoms with E-state index in [0.717, 1.165) is 13.0 Å². The molecule has 0 saturated heterocycles. The third-order valence-corrected chi connectivity index (χ3v) is 3.49. The van der Waals surface area contributed by atoms with Gasteiger partial charge in [-0.15, -0.1) is 0 Å². The van der Waals surface area contributed by atoms with Gasteiger partial charge in [0.15, 0.2) is 0 Å². The molecule has 0 heterocycles. The van der Waals surface area contributed by atoms with Gasteiger partial charge >= 0.3 is 0 Å². The normalized spacial score (nSPS) is 11.9. The summed E-state index contributed by atoms with van der Waals surface area (Å²) >= 11 is 0. The Balaban J connectivity index is 2.63. The molecule has 0 spiro atoms. The van der Waals surface area contributed by atoms with E-state index in [2.05, 4.69) is 16.0 Å². The van der Waals surface area contributed by atoms with E-state index in [9.17, 15) is 9.59 Å². The SMILES string of the molecule is CNCCCNC(=O)C(NC(=O)c1ccc(OC)cc1)C(C)C. The van der Waals surface area contributed by atoms with Crippen molar-refractivity contribution in [1.82, 2.24) is 16.0 Å². The van der Waals surface area contributed by atoms with Crippen molar-refractivity contribution >= 4 is 11.8 Å². The second-order valence-corrected chi connectivity index (χ2v) is 5.67. The molecule has 6 nitrogen and oxygen atoms in total. The molecule has 1 aromatic rings. The number of nitrogens with one attached hydrogen (secondary N) is 3. The molecule has 1 rings (SSSR count). The highest BCUT2D eigenvalue weighted by Gasteiger charge is 2.24. The predicted molar refractivity (Wildman–Crippen MR) is 90.6 cm³/mol. The summed E-state index contributed by atoms with van der Waals surface area (Å²) < 4.78 is 5.07. The zero-order valence-electron chi connectivity index (χ0n) is 14.3. The van der Waals surface area contributed by atoms with Crippen molar-refractivity contribution in [2.45, 2.75) is 26.3 Å². The van der Waals surface area contributed by atoms with Crippen LogP contribution in [0, 0.1) is 5.92 Å². The van der Waals surface area contributed by atoms with Gasteiger partial charge in [0.2, 0.25) is 5.91 Å². The molecule has 0 aromatic heterocycles. The second-order valence-electron chi connectivity index (χ2n) is 5.67. The van der Waals surface area contributed by atoms with E-state index in [1.54, 1.807) is 31.4 Å². The fraction of sp³-hybridized carbons (Fsp3) is 0.529. The average molecular weight is 321 g/mol. The minimum absolute atomic E-state index is 0.00139. The number of hydrogen-bond donors (Lipinski definition) is 3. The molecular weight excluding hydrogens is 294 g/mol. The molecule has 1 atom stereocenters. The van der Waals surface area contributed by atoms with Gasteiger partial charge in [0.25, 0.3) is 5.91 Å². The summed E-state index contributed by atoms with van der Waals surface area (Å²) in [5, 5.41) is 8.69. The van der Waals surface area contributed by atoms with Gasteiger partial charge in [-0.05, 0) is 50.2 Å². The van der Waals surface area contributed by atoms with Crippen LogP contribution in [0.15, 0.2) is 24.3 Å². The van der Waals surface area contributed by atoms with Crippen LogP contribution < -0.4 is 20.7 Å². The van der Waals surface area contributed by atoms with Gasteiger partial charge in [0.05, 0.1) is 7.11 Å². The highest BCUT2D eigenvalue weighted by molar-refractivity contribution is 5.97. The third kappa shape index (κ3) is 6.28. The van der Waals surface area contributed by atoms with Gasteiger partial charge in [0, 0.05) is 12.1 Å². The second kappa shape index (κ2) is 9.84. The third-order valence-electron chi connectivity index (χ3n) is 3.49. The van der Waals surface area contributed by atoms with Gasteiger partial charge in [-0.2, -0.15) is 0 Å². The largest absolute Gasteiger partial charge is 0.497 e. The summed E-state index contributed by atoms with van der Waals surface area (Å²) in [5.74, 6) is 0.264. The van der Waals surface area contributed by atoms with E-state index in [4.69, 9.17) is 4.74 Å². The Morgan fingerprint density at radius 1 is 1.13 bits per heavy atom. The first-order valence-electron chi connectivity index (χ1n) is 7.86. The quantitative estimate of drug-likeness (QED) is 0.597. The Morgan fingerprint density at radius 2 is 1.78 bits per heavy atom. The van der Waals surface area contributed by atoms with Crippen molar-refractivity contribution in [3.63, 3.8) is 0 Å². The van der Waals surface area contributed by atoms with Crippen LogP contribution in [0.5, 0.6) is 5.75 Å². The average Bonchev–Trinajstić information content (AvgIpc) is 2.56. The topological polar surface area (TPSA) is 79.5 Å². The van der Waals surface area contributed by atoms with Crippen molar-refractivity contribution in [3.05, 3.63) is 29.8 Å². The van der Waals surface area contributed by atoms with Crippen molar-refractivity contribution < 1.29 is 14.3 Å². The van der Waals surface area contributed by atoms with Crippen LogP contribution >= 0.6 is 0 Å². The Hall–Kier alpha value is -2.08. The first kappa shape index (κ1) is 19.0. The molecule has 0 saturated carbocycles. The molecule has 3 N–H and O–H groups in total. The lowest BCUT2D eigenvalue weighted by molar-refractivity contribution is -0.123. The molecule has 0 radical (unpaired) electrons. The zero-order valence-corrected chi connectivity index (χ0v) is 14.3. The lowest BCUT2D eigenvalue weighted by Crippen LogP contribution is -2.50. The summed E-state index contributed by atoms with van der Waals surface area (Å²) in [7, 11) is 3.44. The lowest BCUT2D eigenvalue weighted by atomic mass is 10.0. The monoisotopic (exact) mass is 321 g/mol. The molecule has 0 bridgehead atoms. The van der Waals surface area contributed by atoms with Gasteiger partial charge in [-0.1, -0.05) is 13.8 Å². The number of carbonyl (C=O) groups is 2. The van der Waals surface area contributed by atoms with Gasteiger partial charge in [-0.25, -0.2) is 0 Å². The molecule has 128 valence electrons. The van der Waals surface area contributed by atoms with Crippen LogP contribution in [-0.4, -0.2) is 45.1 Å². The fourth-order valence-corrected chi connectivity index (χ4v) is 2.09. The van der Waals surface area contributed by atoms with Crippen molar-refractivity contribution in [1.29, 1.82) is 0 Å². The van der Waals surface area contributed by atoms with Crippen LogP contribution in [0.1, 0.15) is 30.6 Å². The number of amides is 2. The highest BCUT2D eigenvalue weighted by Crippen LogP contribution is 2.12. The smallest absolute Gasteiger partial charge is 0.251 e. The van der Waals surface area contributed by atoms with Crippen LogP contribution in [0.2, 0.25) is 0 Å². The van der Waals surface area contributed by atoms with Crippen LogP contribution in [-0.2, 0) is 4.79 Å². The van der Waals surface area contributed by atoms with E-state index in [1.807, 2.05) is 20.9 Å². The molecule has 0 aliphatic rings. The van der Waals surface area contributed by atoms with Crippen molar-refractivity contribution in [3.8, 4) is 5.75 Å². The standard InChI is InChI=1S/C17H27N3O3/c1-12(2)15(17(22)19-11-5-10-18-3)20-16(21)13-6-8-14(23-4)9-7-13/h6-9,12,15,18H,5,10-11H2,1-4H3,(H,19,22)(H,20,21). The maximum absolute atomic E-state index is 12.3. The lowest BCUT2D eigenvalue weighted by Gasteiger charge is -2.21. The minimum atomic E-state index is -0.556. The molecule has 1 aromatic carbocycles. The van der Waals surface area contributed by atoms with Gasteiger partial charge < -0.3 is 20.7 Å². The number of ether oxygens (including phenoxy) is 1. The summed E-state index contributed by atoms with van der Waals surface area (Å²) in [4.78, 5) is 24.5. The number of methoxy groups -OCH3 is 1. The Labute approximate surface area is 138 Å². The zero-order chi connectivity index (χ0) is 17.2. The summed E-state index contributed by atoms with van der Waals surface area (Å²) in [6.07, 6.45) is 0.847. The first-order chi connectivity index (χ1) is 11.0. The van der Waals surface area contributed by atoms with E-state index >= 15 is 0 Å². The summed E-state index contributed by atoms with van der Waals surface area (Å²) in [6.45, 7) is 5.24. The van der Waals surface area contributed by atoms with E-state index in [1.165, 1.54) is 0 Å². The molecular formula is C17H27N3O3. The number of carbonyl (C=O) groups excluding carboxylic acids is 2. The molecule has 0 fully saturated rings. The maximum atomic E-state index is 12.3. The minimum Gasteiger partial charge on any atom is -0.497 e. The van der Waals surface area contributed by atoms with Crippen LogP contribution in [0.25, 0.3) is 0 Å². The summed E-state index contributed by atoms with van der Waals surface area (Å²) in [5.41, 5.74) is 0.499. The molecule has 0 aliphatic heterocycles. The van der Waals surface area contributed by atoms with Crippen molar-refractivity contribution in [2.75, 3.05) is 27.2 Å². The molecule has 6 heteroatoms. The Morgan fingerprint density at radius 3 is 2.30 bits per heavy atom. The van der Waals surface area contributed by atoms with Gasteiger partial charge in [0.1, 0.15) is 11.8 Å².